The Kier molecular flexibility index (Phi) is 7.64. The van der Waals surface area contributed by atoms with Crippen molar-refractivity contribution in [2.24, 2.45) is 5.92 Å². The van der Waals surface area contributed by atoms with Gasteiger partial charge in [-0.25, -0.2) is 0 Å². The van der Waals surface area contributed by atoms with Crippen molar-refractivity contribution in [1.29, 1.82) is 0 Å². The molecule has 1 aliphatic carbocycles. The summed E-state index contributed by atoms with van der Waals surface area (Å²) >= 11 is 0. The summed E-state index contributed by atoms with van der Waals surface area (Å²) in [5.41, 5.74) is 1.11. The van der Waals surface area contributed by atoms with Crippen LogP contribution in [0.4, 0.5) is 5.69 Å². The molecule has 0 bridgehead atoms. The van der Waals surface area contributed by atoms with E-state index in [4.69, 9.17) is 0 Å². The molecule has 5 heteroatoms. The summed E-state index contributed by atoms with van der Waals surface area (Å²) in [7, 11) is 1.96. The lowest BCUT2D eigenvalue weighted by Crippen LogP contribution is -2.37. The molecule has 0 spiro atoms. The van der Waals surface area contributed by atoms with E-state index < -0.39 is 0 Å². The van der Waals surface area contributed by atoms with Crippen LogP contribution in [0.5, 0.6) is 0 Å². The van der Waals surface area contributed by atoms with Crippen LogP contribution >= 0.6 is 0 Å². The number of carbonyl (C=O) groups is 2. The maximum atomic E-state index is 12.6. The van der Waals surface area contributed by atoms with E-state index in [1.54, 1.807) is 12.1 Å². The first-order valence-electron chi connectivity index (χ1n) is 9.76. The van der Waals surface area contributed by atoms with Crippen molar-refractivity contribution in [3.8, 4) is 0 Å². The molecule has 1 aliphatic rings. The average Bonchev–Trinajstić information content (AvgIpc) is 3.07. The number of nitrogens with zero attached hydrogens (tertiary/aromatic N) is 1. The van der Waals surface area contributed by atoms with Crippen molar-refractivity contribution in [2.45, 2.75) is 65.0 Å². The molecule has 26 heavy (non-hydrogen) atoms. The molecule has 5 nitrogen and oxygen atoms in total. The van der Waals surface area contributed by atoms with Crippen LogP contribution in [-0.4, -0.2) is 42.4 Å². The second-order valence-corrected chi connectivity index (χ2v) is 7.94. The van der Waals surface area contributed by atoms with Gasteiger partial charge >= 0.3 is 0 Å². The fraction of sp³-hybridized carbons (Fsp3) is 0.619. The zero-order valence-corrected chi connectivity index (χ0v) is 16.5. The van der Waals surface area contributed by atoms with Gasteiger partial charge in [0.1, 0.15) is 0 Å². The molecule has 2 amide bonds. The Hall–Kier alpha value is -1.88. The summed E-state index contributed by atoms with van der Waals surface area (Å²) in [6.45, 7) is 6.82. The van der Waals surface area contributed by atoms with Crippen molar-refractivity contribution in [1.82, 2.24) is 10.2 Å². The minimum Gasteiger partial charge on any atom is -0.349 e. The van der Waals surface area contributed by atoms with Crippen LogP contribution in [0, 0.1) is 5.92 Å². The van der Waals surface area contributed by atoms with E-state index in [9.17, 15) is 9.59 Å². The van der Waals surface area contributed by atoms with Crippen LogP contribution in [0.1, 0.15) is 63.2 Å². The van der Waals surface area contributed by atoms with Gasteiger partial charge in [-0.3, -0.25) is 14.5 Å². The monoisotopic (exact) mass is 359 g/mol. The number of benzene rings is 1. The molecular weight excluding hydrogens is 326 g/mol. The molecule has 0 aromatic heterocycles. The number of hydrogen-bond acceptors (Lipinski definition) is 3. The predicted octanol–water partition coefficient (Wildman–Crippen LogP) is 3.66. The smallest absolute Gasteiger partial charge is 0.253 e. The number of anilines is 1. The largest absolute Gasteiger partial charge is 0.349 e. The Morgan fingerprint density at radius 2 is 1.81 bits per heavy atom. The Labute approximate surface area is 157 Å². The van der Waals surface area contributed by atoms with E-state index in [1.807, 2.05) is 19.2 Å². The summed E-state index contributed by atoms with van der Waals surface area (Å²) in [6.07, 6.45) is 5.47. The Morgan fingerprint density at radius 3 is 2.46 bits per heavy atom. The van der Waals surface area contributed by atoms with Gasteiger partial charge in [0, 0.05) is 12.1 Å². The topological polar surface area (TPSA) is 61.4 Å². The molecule has 0 aliphatic heterocycles. The van der Waals surface area contributed by atoms with E-state index in [0.717, 1.165) is 19.3 Å². The van der Waals surface area contributed by atoms with Gasteiger partial charge in [-0.15, -0.1) is 0 Å². The molecule has 1 unspecified atom stereocenters. The molecule has 2 rings (SSSR count). The summed E-state index contributed by atoms with van der Waals surface area (Å²) in [6, 6.07) is 7.82. The van der Waals surface area contributed by atoms with Crippen LogP contribution < -0.4 is 10.6 Å². The van der Waals surface area contributed by atoms with Crippen molar-refractivity contribution in [3.63, 3.8) is 0 Å². The molecular formula is C21H33N3O2. The molecule has 2 N–H and O–H groups in total. The first kappa shape index (κ1) is 20.4. The third-order valence-corrected chi connectivity index (χ3v) is 5.09. The van der Waals surface area contributed by atoms with Gasteiger partial charge in [-0.1, -0.05) is 38.8 Å². The quantitative estimate of drug-likeness (QED) is 0.744. The van der Waals surface area contributed by atoms with E-state index in [2.05, 4.69) is 36.3 Å². The number of rotatable bonds is 8. The van der Waals surface area contributed by atoms with Gasteiger partial charge in [0.2, 0.25) is 5.91 Å². The molecule has 144 valence electrons. The minimum atomic E-state index is -0.102. The Morgan fingerprint density at radius 1 is 1.15 bits per heavy atom. The number of hydrogen-bond donors (Lipinski definition) is 2. The second-order valence-electron chi connectivity index (χ2n) is 7.94. The molecule has 1 saturated carbocycles. The van der Waals surface area contributed by atoms with E-state index >= 15 is 0 Å². The van der Waals surface area contributed by atoms with Gasteiger partial charge in [0.05, 0.1) is 17.8 Å². The van der Waals surface area contributed by atoms with Crippen LogP contribution in [0.25, 0.3) is 0 Å². The van der Waals surface area contributed by atoms with E-state index in [1.165, 1.54) is 12.8 Å². The SMILES string of the molecule is CC(C)CC(C)N(C)CC(=O)Nc1ccccc1C(=O)NC1CCCC1. The fourth-order valence-electron chi connectivity index (χ4n) is 3.56. The molecule has 0 radical (unpaired) electrons. The van der Waals surface area contributed by atoms with Gasteiger partial charge in [0.25, 0.3) is 5.91 Å². The fourth-order valence-corrected chi connectivity index (χ4v) is 3.56. The van der Waals surface area contributed by atoms with Crippen molar-refractivity contribution < 1.29 is 9.59 Å². The molecule has 0 heterocycles. The number of likely N-dealkylation sites (N-methyl/N-ethyl adjacent to an activating group) is 1. The van der Waals surface area contributed by atoms with Crippen molar-refractivity contribution in [3.05, 3.63) is 29.8 Å². The third-order valence-electron chi connectivity index (χ3n) is 5.09. The maximum Gasteiger partial charge on any atom is 0.253 e. The lowest BCUT2D eigenvalue weighted by atomic mass is 10.0. The molecule has 1 atom stereocenters. The van der Waals surface area contributed by atoms with Crippen LogP contribution in [-0.2, 0) is 4.79 Å². The number of nitrogens with one attached hydrogen (secondary N) is 2. The van der Waals surface area contributed by atoms with Crippen molar-refractivity contribution in [2.75, 3.05) is 18.9 Å². The highest BCUT2D eigenvalue weighted by atomic mass is 16.2. The third kappa shape index (κ3) is 6.13. The van der Waals surface area contributed by atoms with Crippen molar-refractivity contribution >= 4 is 17.5 Å². The zero-order valence-electron chi connectivity index (χ0n) is 16.5. The maximum absolute atomic E-state index is 12.6. The highest BCUT2D eigenvalue weighted by molar-refractivity contribution is 6.04. The van der Waals surface area contributed by atoms with Crippen LogP contribution in [0.15, 0.2) is 24.3 Å². The summed E-state index contributed by atoms with van der Waals surface area (Å²) < 4.78 is 0. The van der Waals surface area contributed by atoms with Crippen LogP contribution in [0.3, 0.4) is 0 Å². The van der Waals surface area contributed by atoms with Gasteiger partial charge < -0.3 is 10.6 Å². The van der Waals surface area contributed by atoms with Crippen LogP contribution in [0.2, 0.25) is 0 Å². The number of carbonyl (C=O) groups excluding carboxylic acids is 2. The molecule has 1 aromatic carbocycles. The first-order chi connectivity index (χ1) is 12.4. The lowest BCUT2D eigenvalue weighted by Gasteiger charge is -2.25. The average molecular weight is 360 g/mol. The van der Waals surface area contributed by atoms with E-state index in [-0.39, 0.29) is 17.9 Å². The predicted molar refractivity (Wildman–Crippen MR) is 106 cm³/mol. The number of amides is 2. The molecule has 1 aromatic rings. The normalized spacial score (nSPS) is 16.1. The Bertz CT molecular complexity index is 609. The van der Waals surface area contributed by atoms with Gasteiger partial charge in [0.15, 0.2) is 0 Å². The number of para-hydroxylation sites is 1. The highest BCUT2D eigenvalue weighted by Gasteiger charge is 2.21. The standard InChI is InChI=1S/C21H33N3O2/c1-15(2)13-16(3)24(4)14-20(25)23-19-12-8-7-11-18(19)21(26)22-17-9-5-6-10-17/h7-8,11-12,15-17H,5-6,9-10,13-14H2,1-4H3,(H,22,26)(H,23,25). The summed E-state index contributed by atoms with van der Waals surface area (Å²) in [5.74, 6) is 0.397. The van der Waals surface area contributed by atoms with E-state index in [0.29, 0.717) is 29.8 Å². The highest BCUT2D eigenvalue weighted by Crippen LogP contribution is 2.20. The Balaban J connectivity index is 1.96. The summed E-state index contributed by atoms with van der Waals surface area (Å²) in [4.78, 5) is 27.1. The second kappa shape index (κ2) is 9.72. The lowest BCUT2D eigenvalue weighted by molar-refractivity contribution is -0.117. The first-order valence-corrected chi connectivity index (χ1v) is 9.76. The molecule has 0 saturated heterocycles. The summed E-state index contributed by atoms with van der Waals surface area (Å²) in [5, 5.41) is 6.00. The van der Waals surface area contributed by atoms with Gasteiger partial charge in [-0.05, 0) is 51.3 Å². The zero-order chi connectivity index (χ0) is 19.1. The minimum absolute atomic E-state index is 0.0933. The molecule has 1 fully saturated rings. The van der Waals surface area contributed by atoms with Gasteiger partial charge in [-0.2, -0.15) is 0 Å².